The Morgan fingerprint density at radius 1 is 1.09 bits per heavy atom. The summed E-state index contributed by atoms with van der Waals surface area (Å²) in [5, 5.41) is 0. The van der Waals surface area contributed by atoms with Crippen LogP contribution in [0, 0.1) is 5.41 Å². The molecular formula is C18H24O5. The van der Waals surface area contributed by atoms with Crippen LogP contribution in [0.4, 0.5) is 0 Å². The van der Waals surface area contributed by atoms with Crippen molar-refractivity contribution in [3.05, 3.63) is 35.9 Å². The Kier molecular flexibility index (Phi) is 6.16. The zero-order chi connectivity index (χ0) is 16.7. The van der Waals surface area contributed by atoms with Crippen LogP contribution < -0.4 is 0 Å². The lowest BCUT2D eigenvalue weighted by atomic mass is 9.86. The fraction of sp³-hybridized carbons (Fsp3) is 0.556. The van der Waals surface area contributed by atoms with E-state index >= 15 is 0 Å². The average molecular weight is 320 g/mol. The molecule has 23 heavy (non-hydrogen) atoms. The lowest BCUT2D eigenvalue weighted by Gasteiger charge is -2.24. The maximum Gasteiger partial charge on any atom is 0.323 e. The molecule has 2 rings (SSSR count). The van der Waals surface area contributed by atoms with E-state index in [0.29, 0.717) is 25.9 Å². The average Bonchev–Trinajstić information content (AvgIpc) is 3.00. The first-order valence-electron chi connectivity index (χ1n) is 8.12. The summed E-state index contributed by atoms with van der Waals surface area (Å²) in [6, 6.07) is 9.83. The first-order chi connectivity index (χ1) is 11.1. The van der Waals surface area contributed by atoms with Crippen LogP contribution in [0.2, 0.25) is 0 Å². The van der Waals surface area contributed by atoms with Gasteiger partial charge in [0.05, 0.1) is 25.9 Å². The van der Waals surface area contributed by atoms with Crippen LogP contribution in [0.1, 0.15) is 38.7 Å². The Labute approximate surface area is 136 Å². The molecule has 0 bridgehead atoms. The minimum atomic E-state index is -1.21. The van der Waals surface area contributed by atoms with Gasteiger partial charge in [-0.15, -0.1) is 0 Å². The fourth-order valence-electron chi connectivity index (χ4n) is 2.92. The molecule has 0 aromatic heterocycles. The molecule has 0 radical (unpaired) electrons. The Hall–Kier alpha value is -1.88. The third kappa shape index (κ3) is 4.10. The number of ether oxygens (including phenoxy) is 3. The summed E-state index contributed by atoms with van der Waals surface area (Å²) in [5.41, 5.74) is -0.148. The Bertz CT molecular complexity index is 507. The summed E-state index contributed by atoms with van der Waals surface area (Å²) < 4.78 is 16.1. The molecule has 5 nitrogen and oxygen atoms in total. The van der Waals surface area contributed by atoms with Crippen LogP contribution >= 0.6 is 0 Å². The van der Waals surface area contributed by atoms with Crippen LogP contribution in [0.25, 0.3) is 0 Å². The van der Waals surface area contributed by atoms with Crippen LogP contribution in [-0.4, -0.2) is 31.3 Å². The van der Waals surface area contributed by atoms with Crippen molar-refractivity contribution in [2.45, 2.75) is 45.8 Å². The van der Waals surface area contributed by atoms with Crippen molar-refractivity contribution in [1.29, 1.82) is 0 Å². The molecule has 0 amide bonds. The molecule has 1 aromatic carbocycles. The molecule has 1 atom stereocenters. The van der Waals surface area contributed by atoms with Gasteiger partial charge >= 0.3 is 11.9 Å². The second-order valence-corrected chi connectivity index (χ2v) is 5.68. The molecule has 0 saturated heterocycles. The third-order valence-electron chi connectivity index (χ3n) is 4.13. The number of carbonyl (C=O) groups excluding carboxylic acids is 2. The number of benzene rings is 1. The van der Waals surface area contributed by atoms with Crippen molar-refractivity contribution < 1.29 is 23.8 Å². The molecule has 5 heteroatoms. The smallest absolute Gasteiger partial charge is 0.323 e. The summed E-state index contributed by atoms with van der Waals surface area (Å²) >= 11 is 0. The highest BCUT2D eigenvalue weighted by Gasteiger charge is 2.54. The van der Waals surface area contributed by atoms with Gasteiger partial charge in [0.1, 0.15) is 0 Å². The normalized spacial score (nSPS) is 19.3. The summed E-state index contributed by atoms with van der Waals surface area (Å²) in [7, 11) is 0. The van der Waals surface area contributed by atoms with E-state index in [2.05, 4.69) is 0 Å². The molecule has 1 aromatic rings. The molecular weight excluding hydrogens is 296 g/mol. The Morgan fingerprint density at radius 2 is 1.70 bits per heavy atom. The molecule has 1 fully saturated rings. The van der Waals surface area contributed by atoms with E-state index in [9.17, 15) is 9.59 Å². The van der Waals surface area contributed by atoms with Gasteiger partial charge in [-0.1, -0.05) is 30.3 Å². The van der Waals surface area contributed by atoms with Gasteiger partial charge in [-0.2, -0.15) is 0 Å². The third-order valence-corrected chi connectivity index (χ3v) is 4.13. The molecule has 126 valence electrons. The number of carbonyl (C=O) groups is 2. The van der Waals surface area contributed by atoms with Crippen molar-refractivity contribution in [2.24, 2.45) is 5.41 Å². The summed E-state index contributed by atoms with van der Waals surface area (Å²) in [4.78, 5) is 24.6. The van der Waals surface area contributed by atoms with Gasteiger partial charge in [-0.05, 0) is 32.3 Å². The van der Waals surface area contributed by atoms with Crippen LogP contribution in [0.3, 0.4) is 0 Å². The molecule has 0 N–H and O–H groups in total. The van der Waals surface area contributed by atoms with Crippen molar-refractivity contribution in [1.82, 2.24) is 0 Å². The lowest BCUT2D eigenvalue weighted by Crippen LogP contribution is -2.40. The van der Waals surface area contributed by atoms with Crippen molar-refractivity contribution in [2.75, 3.05) is 13.2 Å². The molecule has 1 unspecified atom stereocenters. The second-order valence-electron chi connectivity index (χ2n) is 5.68. The van der Waals surface area contributed by atoms with E-state index in [0.717, 1.165) is 5.56 Å². The van der Waals surface area contributed by atoms with Gasteiger partial charge in [-0.25, -0.2) is 0 Å². The predicted molar refractivity (Wildman–Crippen MR) is 84.6 cm³/mol. The number of rotatable bonds is 7. The van der Waals surface area contributed by atoms with E-state index < -0.39 is 17.4 Å². The van der Waals surface area contributed by atoms with Crippen LogP contribution in [0.5, 0.6) is 0 Å². The number of hydrogen-bond donors (Lipinski definition) is 0. The van der Waals surface area contributed by atoms with Gasteiger partial charge < -0.3 is 14.2 Å². The highest BCUT2D eigenvalue weighted by molar-refractivity contribution is 6.00. The van der Waals surface area contributed by atoms with E-state index in [1.807, 2.05) is 30.3 Å². The standard InChI is InChI=1S/C18H24O5/c1-3-21-16(19)18(17(20)22-4-2)11-10-15(12-18)23-13-14-8-6-5-7-9-14/h5-9,15H,3-4,10-13H2,1-2H3. The zero-order valence-electron chi connectivity index (χ0n) is 13.7. The van der Waals surface area contributed by atoms with Crippen molar-refractivity contribution in [3.8, 4) is 0 Å². The van der Waals surface area contributed by atoms with Crippen LogP contribution in [-0.2, 0) is 30.4 Å². The first-order valence-corrected chi connectivity index (χ1v) is 8.12. The van der Waals surface area contributed by atoms with Gasteiger partial charge in [0.25, 0.3) is 0 Å². The molecule has 0 spiro atoms. The first kappa shape index (κ1) is 17.5. The molecule has 0 heterocycles. The molecule has 1 aliphatic carbocycles. The monoisotopic (exact) mass is 320 g/mol. The summed E-state index contributed by atoms with van der Waals surface area (Å²) in [6.07, 6.45) is 1.22. The van der Waals surface area contributed by atoms with Gasteiger partial charge in [0, 0.05) is 6.42 Å². The minimum Gasteiger partial charge on any atom is -0.465 e. The summed E-state index contributed by atoms with van der Waals surface area (Å²) in [5.74, 6) is -0.992. The van der Waals surface area contributed by atoms with Crippen molar-refractivity contribution in [3.63, 3.8) is 0 Å². The zero-order valence-corrected chi connectivity index (χ0v) is 13.7. The number of hydrogen-bond acceptors (Lipinski definition) is 5. The highest BCUT2D eigenvalue weighted by atomic mass is 16.6. The number of esters is 2. The van der Waals surface area contributed by atoms with Gasteiger partial charge in [0.15, 0.2) is 5.41 Å². The Balaban J connectivity index is 2.01. The van der Waals surface area contributed by atoms with Crippen molar-refractivity contribution >= 4 is 11.9 Å². The topological polar surface area (TPSA) is 61.8 Å². The van der Waals surface area contributed by atoms with E-state index in [1.54, 1.807) is 13.8 Å². The molecule has 0 aliphatic heterocycles. The van der Waals surface area contributed by atoms with E-state index in [1.165, 1.54) is 0 Å². The quantitative estimate of drug-likeness (QED) is 0.571. The van der Waals surface area contributed by atoms with Gasteiger partial charge in [0.2, 0.25) is 0 Å². The van der Waals surface area contributed by atoms with E-state index in [-0.39, 0.29) is 19.3 Å². The fourth-order valence-corrected chi connectivity index (χ4v) is 2.92. The predicted octanol–water partition coefficient (Wildman–Crippen LogP) is 2.87. The summed E-state index contributed by atoms with van der Waals surface area (Å²) in [6.45, 7) is 4.42. The highest BCUT2D eigenvalue weighted by Crippen LogP contribution is 2.42. The van der Waals surface area contributed by atoms with E-state index in [4.69, 9.17) is 14.2 Å². The minimum absolute atomic E-state index is 0.149. The largest absolute Gasteiger partial charge is 0.465 e. The Morgan fingerprint density at radius 3 is 2.26 bits per heavy atom. The lowest BCUT2D eigenvalue weighted by molar-refractivity contribution is -0.172. The maximum absolute atomic E-state index is 12.3. The van der Waals surface area contributed by atoms with Gasteiger partial charge in [-0.3, -0.25) is 9.59 Å². The molecule has 1 aliphatic rings. The van der Waals surface area contributed by atoms with Crippen LogP contribution in [0.15, 0.2) is 30.3 Å². The molecule has 1 saturated carbocycles. The maximum atomic E-state index is 12.3. The second kappa shape index (κ2) is 8.11. The SMILES string of the molecule is CCOC(=O)C1(C(=O)OCC)CCC(OCc2ccccc2)C1.